The van der Waals surface area contributed by atoms with Gasteiger partial charge in [-0.15, -0.1) is 0 Å². The van der Waals surface area contributed by atoms with Gasteiger partial charge in [-0.2, -0.15) is 0 Å². The van der Waals surface area contributed by atoms with Gasteiger partial charge in [0, 0.05) is 11.6 Å². The molecule has 0 bridgehead atoms. The number of halogens is 1. The lowest BCUT2D eigenvalue weighted by Gasteiger charge is -2.14. The maximum absolute atomic E-state index is 11.9. The van der Waals surface area contributed by atoms with Gasteiger partial charge in [0.1, 0.15) is 5.25 Å². The number of aromatic nitrogens is 1. The first-order valence-electron chi connectivity index (χ1n) is 5.61. The van der Waals surface area contributed by atoms with Crippen molar-refractivity contribution in [3.63, 3.8) is 0 Å². The van der Waals surface area contributed by atoms with Crippen LogP contribution in [0.5, 0.6) is 0 Å². The van der Waals surface area contributed by atoms with Crippen LogP contribution in [0.3, 0.4) is 0 Å². The standard InChI is InChI=1S/C12H13ClN2O3S/c1-8(7-16)19(17,18)15-11-5-4-10(13)9-3-2-6-14-12(9)11/h2-6,8,15-16H,7H2,1H3. The van der Waals surface area contributed by atoms with E-state index in [1.54, 1.807) is 30.5 Å². The van der Waals surface area contributed by atoms with E-state index >= 15 is 0 Å². The monoisotopic (exact) mass is 300 g/mol. The molecule has 0 amide bonds. The van der Waals surface area contributed by atoms with Gasteiger partial charge in [-0.1, -0.05) is 11.6 Å². The molecule has 2 rings (SSSR count). The summed E-state index contributed by atoms with van der Waals surface area (Å²) in [5.74, 6) is 0. The van der Waals surface area contributed by atoms with Crippen molar-refractivity contribution in [1.29, 1.82) is 0 Å². The van der Waals surface area contributed by atoms with Gasteiger partial charge < -0.3 is 5.11 Å². The van der Waals surface area contributed by atoms with Crippen molar-refractivity contribution in [3.05, 3.63) is 35.5 Å². The largest absolute Gasteiger partial charge is 0.395 e. The Hall–Kier alpha value is -1.37. The van der Waals surface area contributed by atoms with Gasteiger partial charge in [0.25, 0.3) is 0 Å². The van der Waals surface area contributed by atoms with Gasteiger partial charge in [0.2, 0.25) is 10.0 Å². The van der Waals surface area contributed by atoms with E-state index in [2.05, 4.69) is 9.71 Å². The maximum Gasteiger partial charge on any atom is 0.237 e. The summed E-state index contributed by atoms with van der Waals surface area (Å²) in [5.41, 5.74) is 0.823. The summed E-state index contributed by atoms with van der Waals surface area (Å²) in [7, 11) is -3.65. The smallest absolute Gasteiger partial charge is 0.237 e. The lowest BCUT2D eigenvalue weighted by Crippen LogP contribution is -2.28. The number of fused-ring (bicyclic) bond motifs is 1. The van der Waals surface area contributed by atoms with Gasteiger partial charge in [0.15, 0.2) is 0 Å². The molecule has 19 heavy (non-hydrogen) atoms. The zero-order valence-electron chi connectivity index (χ0n) is 10.2. The number of aliphatic hydroxyl groups is 1. The van der Waals surface area contributed by atoms with Crippen molar-refractivity contribution in [2.75, 3.05) is 11.3 Å². The molecule has 102 valence electrons. The molecule has 1 unspecified atom stereocenters. The molecular formula is C12H13ClN2O3S. The highest BCUT2D eigenvalue weighted by Crippen LogP contribution is 2.28. The first-order chi connectivity index (χ1) is 8.95. The van der Waals surface area contributed by atoms with Crippen LogP contribution in [0.25, 0.3) is 10.9 Å². The van der Waals surface area contributed by atoms with Crippen molar-refractivity contribution in [2.45, 2.75) is 12.2 Å². The minimum absolute atomic E-state index is 0.348. The Bertz CT molecular complexity index is 703. The average Bonchev–Trinajstić information content (AvgIpc) is 2.41. The minimum Gasteiger partial charge on any atom is -0.395 e. The SMILES string of the molecule is CC(CO)S(=O)(=O)Nc1ccc(Cl)c2cccnc12. The Morgan fingerprint density at radius 3 is 2.84 bits per heavy atom. The number of hydrogen-bond donors (Lipinski definition) is 2. The summed E-state index contributed by atoms with van der Waals surface area (Å²) in [6.45, 7) is 0.974. The molecule has 2 aromatic rings. The third-order valence-corrected chi connectivity index (χ3v) is 4.80. The predicted octanol–water partition coefficient (Wildman–Crippen LogP) is 2.01. The first kappa shape index (κ1) is 14.0. The van der Waals surface area contributed by atoms with Crippen LogP contribution < -0.4 is 4.72 Å². The van der Waals surface area contributed by atoms with E-state index in [1.807, 2.05) is 0 Å². The number of sulfonamides is 1. The number of nitrogens with zero attached hydrogens (tertiary/aromatic N) is 1. The number of pyridine rings is 1. The molecule has 0 spiro atoms. The van der Waals surface area contributed by atoms with Crippen LogP contribution in [-0.2, 0) is 10.0 Å². The summed E-state index contributed by atoms with van der Waals surface area (Å²) in [6, 6.07) is 6.65. The molecule has 0 saturated carbocycles. The average molecular weight is 301 g/mol. The third kappa shape index (κ3) is 2.80. The number of anilines is 1. The number of nitrogens with one attached hydrogen (secondary N) is 1. The zero-order valence-corrected chi connectivity index (χ0v) is 11.7. The Labute approximate surface area is 116 Å². The van der Waals surface area contributed by atoms with Crippen LogP contribution in [-0.4, -0.2) is 30.4 Å². The van der Waals surface area contributed by atoms with Crippen LogP contribution >= 0.6 is 11.6 Å². The minimum atomic E-state index is -3.65. The van der Waals surface area contributed by atoms with Crippen LogP contribution in [0.2, 0.25) is 5.02 Å². The van der Waals surface area contributed by atoms with Gasteiger partial charge in [-0.05, 0) is 31.2 Å². The molecule has 0 aliphatic heterocycles. The van der Waals surface area contributed by atoms with Crippen molar-refractivity contribution in [1.82, 2.24) is 4.98 Å². The van der Waals surface area contributed by atoms with E-state index in [4.69, 9.17) is 16.7 Å². The van der Waals surface area contributed by atoms with E-state index in [1.165, 1.54) is 6.92 Å². The highest BCUT2D eigenvalue weighted by molar-refractivity contribution is 7.93. The number of hydrogen-bond acceptors (Lipinski definition) is 4. The van der Waals surface area contributed by atoms with Gasteiger partial charge >= 0.3 is 0 Å². The second-order valence-electron chi connectivity index (χ2n) is 4.13. The second kappa shape index (κ2) is 5.32. The summed E-state index contributed by atoms with van der Waals surface area (Å²) in [6.07, 6.45) is 1.56. The fraction of sp³-hybridized carbons (Fsp3) is 0.250. The fourth-order valence-corrected chi connectivity index (χ4v) is 2.66. The molecule has 0 aliphatic carbocycles. The van der Waals surface area contributed by atoms with Gasteiger partial charge in [-0.25, -0.2) is 8.42 Å². The summed E-state index contributed by atoms with van der Waals surface area (Å²) < 4.78 is 26.3. The van der Waals surface area contributed by atoms with Gasteiger partial charge in [0.05, 0.1) is 22.8 Å². The second-order valence-corrected chi connectivity index (χ2v) is 6.64. The molecule has 0 aliphatic rings. The lowest BCUT2D eigenvalue weighted by molar-refractivity contribution is 0.296. The third-order valence-electron chi connectivity index (χ3n) is 2.76. The topological polar surface area (TPSA) is 79.3 Å². The Kier molecular flexibility index (Phi) is 3.93. The van der Waals surface area contributed by atoms with E-state index in [0.29, 0.717) is 21.6 Å². The zero-order chi connectivity index (χ0) is 14.0. The Morgan fingerprint density at radius 1 is 1.42 bits per heavy atom. The predicted molar refractivity (Wildman–Crippen MR) is 75.8 cm³/mol. The van der Waals surface area contributed by atoms with E-state index < -0.39 is 21.9 Å². The van der Waals surface area contributed by atoms with Crippen molar-refractivity contribution in [2.24, 2.45) is 0 Å². The van der Waals surface area contributed by atoms with Gasteiger partial charge in [-0.3, -0.25) is 9.71 Å². The van der Waals surface area contributed by atoms with Crippen LogP contribution in [0, 0.1) is 0 Å². The molecule has 0 saturated heterocycles. The van der Waals surface area contributed by atoms with Crippen molar-refractivity contribution >= 4 is 38.2 Å². The van der Waals surface area contributed by atoms with Crippen molar-refractivity contribution in [3.8, 4) is 0 Å². The molecule has 0 fully saturated rings. The molecular weight excluding hydrogens is 288 g/mol. The maximum atomic E-state index is 11.9. The van der Waals surface area contributed by atoms with Crippen LogP contribution in [0.15, 0.2) is 30.5 Å². The first-order valence-corrected chi connectivity index (χ1v) is 7.54. The molecule has 1 heterocycles. The van der Waals surface area contributed by atoms with E-state index in [0.717, 1.165) is 0 Å². The lowest BCUT2D eigenvalue weighted by atomic mass is 10.2. The van der Waals surface area contributed by atoms with E-state index in [-0.39, 0.29) is 0 Å². The highest BCUT2D eigenvalue weighted by atomic mass is 35.5. The number of rotatable bonds is 4. The molecule has 5 nitrogen and oxygen atoms in total. The Morgan fingerprint density at radius 2 is 2.16 bits per heavy atom. The summed E-state index contributed by atoms with van der Waals surface area (Å²) in [4.78, 5) is 4.14. The highest BCUT2D eigenvalue weighted by Gasteiger charge is 2.21. The molecule has 1 aromatic heterocycles. The normalized spacial score (nSPS) is 13.4. The molecule has 7 heteroatoms. The fourth-order valence-electron chi connectivity index (χ4n) is 1.57. The van der Waals surface area contributed by atoms with E-state index in [9.17, 15) is 8.42 Å². The van der Waals surface area contributed by atoms with Crippen LogP contribution in [0.4, 0.5) is 5.69 Å². The Balaban J connectivity index is 2.51. The van der Waals surface area contributed by atoms with Crippen molar-refractivity contribution < 1.29 is 13.5 Å². The molecule has 1 aromatic carbocycles. The summed E-state index contributed by atoms with van der Waals surface area (Å²) >= 11 is 6.03. The summed E-state index contributed by atoms with van der Waals surface area (Å²) in [5, 5.41) is 9.22. The van der Waals surface area contributed by atoms with Crippen LogP contribution in [0.1, 0.15) is 6.92 Å². The molecule has 2 N–H and O–H groups in total. The molecule has 0 radical (unpaired) electrons. The quantitative estimate of drug-likeness (QED) is 0.905. The number of aliphatic hydroxyl groups excluding tert-OH is 1. The molecule has 1 atom stereocenters. The number of benzene rings is 1.